The number of nitrogen functional groups attached to an aromatic ring is 1. The smallest absolute Gasteiger partial charge is 0.334 e. The van der Waals surface area contributed by atoms with Crippen LogP contribution in [0.1, 0.15) is 13.8 Å². The zero-order chi connectivity index (χ0) is 16.0. The summed E-state index contributed by atoms with van der Waals surface area (Å²) in [6.45, 7) is 5.01. The van der Waals surface area contributed by atoms with Crippen molar-refractivity contribution >= 4 is 31.1 Å². The van der Waals surface area contributed by atoms with Gasteiger partial charge in [-0.1, -0.05) is 23.9 Å². The Morgan fingerprint density at radius 1 is 1.41 bits per heavy atom. The van der Waals surface area contributed by atoms with Gasteiger partial charge in [0, 0.05) is 12.7 Å². The highest BCUT2D eigenvalue weighted by Crippen LogP contribution is 2.47. The summed E-state index contributed by atoms with van der Waals surface area (Å²) in [5.41, 5.74) is 5.63. The Balaban J connectivity index is 1.91. The van der Waals surface area contributed by atoms with Gasteiger partial charge in [-0.15, -0.1) is 0 Å². The third kappa shape index (κ3) is 4.46. The molecule has 1 aromatic rings. The standard InChI is InChI=1S/C13H21N4O3PS/c1-3-19-21(18,20-4-2)8-6-5-7-17-10-22-11-9-15-13(14)16-12(11)17/h5-6,9H,3-4,7-8,10H2,1-2H3,(H2,14,15,16)/b6-5-. The summed E-state index contributed by atoms with van der Waals surface area (Å²) in [6.07, 6.45) is 5.79. The molecule has 1 aromatic heterocycles. The van der Waals surface area contributed by atoms with E-state index in [-0.39, 0.29) is 12.1 Å². The maximum atomic E-state index is 12.3. The lowest BCUT2D eigenvalue weighted by molar-refractivity contribution is 0.222. The van der Waals surface area contributed by atoms with Gasteiger partial charge in [-0.05, 0) is 13.8 Å². The minimum Gasteiger partial charge on any atom is -0.368 e. The van der Waals surface area contributed by atoms with Crippen molar-refractivity contribution in [1.29, 1.82) is 0 Å². The van der Waals surface area contributed by atoms with Crippen LogP contribution in [0.2, 0.25) is 0 Å². The number of nitrogens with two attached hydrogens (primary N) is 1. The Hall–Kier alpha value is -1.08. The number of thioether (sulfide) groups is 1. The predicted octanol–water partition coefficient (Wildman–Crippen LogP) is 2.75. The molecule has 9 heteroatoms. The lowest BCUT2D eigenvalue weighted by atomic mass is 10.4. The predicted molar refractivity (Wildman–Crippen MR) is 89.4 cm³/mol. The quantitative estimate of drug-likeness (QED) is 0.569. The Bertz CT molecular complexity index is 574. The third-order valence-corrected chi connectivity index (χ3v) is 5.90. The van der Waals surface area contributed by atoms with Gasteiger partial charge in [0.2, 0.25) is 5.95 Å². The highest BCUT2D eigenvalue weighted by molar-refractivity contribution is 7.99. The first-order valence-electron chi connectivity index (χ1n) is 7.11. The van der Waals surface area contributed by atoms with Gasteiger partial charge in [0.05, 0.1) is 30.1 Å². The average Bonchev–Trinajstić information content (AvgIpc) is 2.86. The minimum absolute atomic E-state index is 0.271. The van der Waals surface area contributed by atoms with Crippen molar-refractivity contribution in [2.24, 2.45) is 0 Å². The molecule has 7 nitrogen and oxygen atoms in total. The summed E-state index contributed by atoms with van der Waals surface area (Å²) in [6, 6.07) is 0. The molecular weight excluding hydrogens is 323 g/mol. The number of fused-ring (bicyclic) bond motifs is 1. The summed E-state index contributed by atoms with van der Waals surface area (Å²) < 4.78 is 22.8. The second-order valence-corrected chi connectivity index (χ2v) is 7.60. The van der Waals surface area contributed by atoms with E-state index >= 15 is 0 Å². The fourth-order valence-corrected chi connectivity index (χ4v) is 4.43. The second kappa shape index (κ2) is 7.97. The van der Waals surface area contributed by atoms with Crippen LogP contribution in [-0.2, 0) is 13.6 Å². The molecule has 0 aromatic carbocycles. The van der Waals surface area contributed by atoms with Crippen LogP contribution in [0.4, 0.5) is 11.8 Å². The molecule has 2 rings (SSSR count). The SMILES string of the molecule is CCOP(=O)(C/C=C\CN1CSc2cnc(N)nc21)OCC. The molecule has 0 bridgehead atoms. The minimum atomic E-state index is -3.01. The van der Waals surface area contributed by atoms with Crippen LogP contribution >= 0.6 is 19.4 Å². The van der Waals surface area contributed by atoms with E-state index in [0.717, 1.165) is 16.6 Å². The number of allylic oxidation sites excluding steroid dienone is 1. The van der Waals surface area contributed by atoms with Gasteiger partial charge in [-0.3, -0.25) is 4.57 Å². The van der Waals surface area contributed by atoms with Crippen LogP contribution in [0.25, 0.3) is 0 Å². The number of hydrogen-bond donors (Lipinski definition) is 1. The van der Waals surface area contributed by atoms with E-state index in [2.05, 4.69) is 14.9 Å². The van der Waals surface area contributed by atoms with Crippen LogP contribution in [-0.4, -0.2) is 41.8 Å². The molecule has 22 heavy (non-hydrogen) atoms. The first-order chi connectivity index (χ1) is 10.6. The normalized spacial score (nSPS) is 14.7. The Labute approximate surface area is 134 Å². The van der Waals surface area contributed by atoms with Crippen molar-refractivity contribution in [2.45, 2.75) is 18.7 Å². The largest absolute Gasteiger partial charge is 0.368 e. The monoisotopic (exact) mass is 344 g/mol. The molecule has 0 unspecified atom stereocenters. The maximum absolute atomic E-state index is 12.3. The van der Waals surface area contributed by atoms with Gasteiger partial charge in [0.25, 0.3) is 0 Å². The van der Waals surface area contributed by atoms with E-state index in [0.29, 0.717) is 19.8 Å². The van der Waals surface area contributed by atoms with E-state index in [4.69, 9.17) is 14.8 Å². The zero-order valence-corrected chi connectivity index (χ0v) is 14.5. The molecule has 1 aliphatic heterocycles. The number of rotatable bonds is 8. The Kier molecular flexibility index (Phi) is 6.26. The van der Waals surface area contributed by atoms with E-state index in [9.17, 15) is 4.57 Å². The molecule has 0 radical (unpaired) electrons. The van der Waals surface area contributed by atoms with E-state index in [1.54, 1.807) is 31.8 Å². The molecule has 0 fully saturated rings. The van der Waals surface area contributed by atoms with Gasteiger partial charge < -0.3 is 19.7 Å². The van der Waals surface area contributed by atoms with Crippen molar-refractivity contribution in [1.82, 2.24) is 9.97 Å². The molecule has 0 amide bonds. The summed E-state index contributed by atoms with van der Waals surface area (Å²) in [5, 5.41) is 0. The van der Waals surface area contributed by atoms with Crippen molar-refractivity contribution in [3.8, 4) is 0 Å². The summed E-state index contributed by atoms with van der Waals surface area (Å²) in [7, 11) is -3.01. The third-order valence-electron chi connectivity index (χ3n) is 2.90. The first kappa shape index (κ1) is 17.3. The van der Waals surface area contributed by atoms with E-state index in [1.165, 1.54) is 0 Å². The highest BCUT2D eigenvalue weighted by atomic mass is 32.2. The zero-order valence-electron chi connectivity index (χ0n) is 12.8. The topological polar surface area (TPSA) is 90.6 Å². The van der Waals surface area contributed by atoms with Crippen molar-refractivity contribution in [3.05, 3.63) is 18.3 Å². The fourth-order valence-electron chi connectivity index (χ4n) is 1.99. The molecule has 2 N–H and O–H groups in total. The maximum Gasteiger partial charge on any atom is 0.334 e. The Morgan fingerprint density at radius 3 is 2.82 bits per heavy atom. The van der Waals surface area contributed by atoms with E-state index in [1.807, 2.05) is 12.2 Å². The van der Waals surface area contributed by atoms with Crippen LogP contribution in [0.5, 0.6) is 0 Å². The molecule has 1 aliphatic rings. The van der Waals surface area contributed by atoms with E-state index < -0.39 is 7.60 Å². The average molecular weight is 344 g/mol. The first-order valence-corrected chi connectivity index (χ1v) is 9.82. The highest BCUT2D eigenvalue weighted by Gasteiger charge is 2.22. The molecule has 0 spiro atoms. The molecule has 0 saturated heterocycles. The van der Waals surface area contributed by atoms with Gasteiger partial charge in [0.1, 0.15) is 5.82 Å². The number of hydrogen-bond acceptors (Lipinski definition) is 8. The lowest BCUT2D eigenvalue weighted by Gasteiger charge is -2.16. The van der Waals surface area contributed by atoms with Gasteiger partial charge in [-0.2, -0.15) is 4.98 Å². The molecule has 2 heterocycles. The molecule has 0 aliphatic carbocycles. The number of aromatic nitrogens is 2. The van der Waals surface area contributed by atoms with Crippen LogP contribution in [0.3, 0.4) is 0 Å². The second-order valence-electron chi connectivity index (χ2n) is 4.51. The Morgan fingerprint density at radius 2 is 2.14 bits per heavy atom. The molecular formula is C13H21N4O3PS. The van der Waals surface area contributed by atoms with Crippen LogP contribution in [0.15, 0.2) is 23.2 Å². The van der Waals surface area contributed by atoms with Crippen molar-refractivity contribution < 1.29 is 13.6 Å². The molecule has 122 valence electrons. The summed E-state index contributed by atoms with van der Waals surface area (Å²) in [5.74, 6) is 1.92. The van der Waals surface area contributed by atoms with Crippen LogP contribution in [0, 0.1) is 0 Å². The van der Waals surface area contributed by atoms with Gasteiger partial charge >= 0.3 is 7.60 Å². The van der Waals surface area contributed by atoms with Crippen molar-refractivity contribution in [3.63, 3.8) is 0 Å². The number of nitrogens with zero attached hydrogens (tertiary/aromatic N) is 3. The van der Waals surface area contributed by atoms with Gasteiger partial charge in [-0.25, -0.2) is 4.98 Å². The molecule has 0 atom stereocenters. The fraction of sp³-hybridized carbons (Fsp3) is 0.538. The van der Waals surface area contributed by atoms with Crippen LogP contribution < -0.4 is 10.6 Å². The number of anilines is 2. The summed E-state index contributed by atoms with van der Waals surface area (Å²) >= 11 is 1.67. The lowest BCUT2D eigenvalue weighted by Crippen LogP contribution is -2.20. The summed E-state index contributed by atoms with van der Waals surface area (Å²) in [4.78, 5) is 11.4. The van der Waals surface area contributed by atoms with Gasteiger partial charge in [0.15, 0.2) is 0 Å². The molecule has 0 saturated carbocycles. The van der Waals surface area contributed by atoms with Crippen molar-refractivity contribution in [2.75, 3.05) is 42.4 Å².